The van der Waals surface area contributed by atoms with E-state index >= 15 is 0 Å². The van der Waals surface area contributed by atoms with Crippen LogP contribution < -0.4 is 4.52 Å². The van der Waals surface area contributed by atoms with Crippen LogP contribution in [-0.4, -0.2) is 7.11 Å². The van der Waals surface area contributed by atoms with Gasteiger partial charge in [-0.15, -0.1) is 0 Å². The SMILES string of the molecule is COCc1cc(C)cc(OP)c1. The third kappa shape index (κ3) is 2.47. The van der Waals surface area contributed by atoms with Crippen LogP contribution in [0.5, 0.6) is 5.75 Å². The summed E-state index contributed by atoms with van der Waals surface area (Å²) in [5.41, 5.74) is 2.32. The molecule has 1 aromatic rings. The molecular formula is C9H13O2P. The van der Waals surface area contributed by atoms with E-state index in [4.69, 9.17) is 9.26 Å². The van der Waals surface area contributed by atoms with Crippen LogP contribution in [0.4, 0.5) is 0 Å². The molecule has 66 valence electrons. The van der Waals surface area contributed by atoms with Crippen molar-refractivity contribution in [2.45, 2.75) is 13.5 Å². The van der Waals surface area contributed by atoms with Gasteiger partial charge in [0.1, 0.15) is 5.75 Å². The van der Waals surface area contributed by atoms with Crippen LogP contribution in [0.15, 0.2) is 18.2 Å². The first-order valence-electron chi connectivity index (χ1n) is 3.72. The van der Waals surface area contributed by atoms with Gasteiger partial charge in [-0.05, 0) is 30.2 Å². The topological polar surface area (TPSA) is 18.5 Å². The highest BCUT2D eigenvalue weighted by atomic mass is 31.0. The Labute approximate surface area is 75.2 Å². The number of hydrogen-bond donors (Lipinski definition) is 0. The molecule has 1 aromatic carbocycles. The van der Waals surface area contributed by atoms with Crippen molar-refractivity contribution in [1.82, 2.24) is 0 Å². The van der Waals surface area contributed by atoms with Gasteiger partial charge in [-0.3, -0.25) is 0 Å². The lowest BCUT2D eigenvalue weighted by Crippen LogP contribution is -1.89. The molecule has 0 radical (unpaired) electrons. The van der Waals surface area contributed by atoms with Crippen molar-refractivity contribution in [2.24, 2.45) is 0 Å². The maximum Gasteiger partial charge on any atom is 0.123 e. The minimum atomic E-state index is 0.628. The summed E-state index contributed by atoms with van der Waals surface area (Å²) in [6, 6.07) is 6.02. The summed E-state index contributed by atoms with van der Waals surface area (Å²) in [5.74, 6) is 0.854. The summed E-state index contributed by atoms with van der Waals surface area (Å²) in [5, 5.41) is 0. The van der Waals surface area contributed by atoms with E-state index in [2.05, 4.69) is 15.5 Å². The molecule has 0 aliphatic heterocycles. The number of hydrogen-bond acceptors (Lipinski definition) is 2. The second-order valence-corrected chi connectivity index (χ2v) is 2.94. The second kappa shape index (κ2) is 4.44. The first kappa shape index (κ1) is 9.50. The molecule has 1 rings (SSSR count). The van der Waals surface area contributed by atoms with E-state index in [-0.39, 0.29) is 0 Å². The lowest BCUT2D eigenvalue weighted by molar-refractivity contribution is 0.184. The highest BCUT2D eigenvalue weighted by Gasteiger charge is 1.97. The summed E-state index contributed by atoms with van der Waals surface area (Å²) < 4.78 is 10.1. The molecule has 0 fully saturated rings. The van der Waals surface area contributed by atoms with E-state index in [1.807, 2.05) is 19.1 Å². The van der Waals surface area contributed by atoms with Gasteiger partial charge >= 0.3 is 0 Å². The van der Waals surface area contributed by atoms with E-state index in [0.29, 0.717) is 6.61 Å². The highest BCUT2D eigenvalue weighted by Crippen LogP contribution is 2.18. The fourth-order valence-electron chi connectivity index (χ4n) is 1.14. The summed E-state index contributed by atoms with van der Waals surface area (Å²) >= 11 is 0. The molecule has 0 saturated heterocycles. The van der Waals surface area contributed by atoms with Crippen LogP contribution in [0.2, 0.25) is 0 Å². The highest BCUT2D eigenvalue weighted by molar-refractivity contribution is 7.10. The standard InChI is InChI=1S/C9H13O2P/c1-7-3-8(6-10-2)5-9(4-7)11-12/h3-5H,6,12H2,1-2H3. The third-order valence-electron chi connectivity index (χ3n) is 1.56. The normalized spacial score (nSPS) is 9.92. The zero-order valence-corrected chi connectivity index (χ0v) is 8.49. The summed E-state index contributed by atoms with van der Waals surface area (Å²) in [7, 11) is 3.92. The zero-order valence-electron chi connectivity index (χ0n) is 7.33. The maximum absolute atomic E-state index is 5.04. The Balaban J connectivity index is 2.90. The molecule has 0 aromatic heterocycles. The van der Waals surface area contributed by atoms with Crippen molar-refractivity contribution in [2.75, 3.05) is 7.11 Å². The second-order valence-electron chi connectivity index (χ2n) is 2.71. The molecule has 12 heavy (non-hydrogen) atoms. The minimum absolute atomic E-state index is 0.628. The lowest BCUT2D eigenvalue weighted by Gasteiger charge is -2.05. The van der Waals surface area contributed by atoms with Crippen molar-refractivity contribution in [3.05, 3.63) is 29.3 Å². The average molecular weight is 184 g/mol. The number of methoxy groups -OCH3 is 1. The predicted molar refractivity (Wildman–Crippen MR) is 52.2 cm³/mol. The number of aryl methyl sites for hydroxylation is 1. The Morgan fingerprint density at radius 1 is 1.33 bits per heavy atom. The van der Waals surface area contributed by atoms with Crippen LogP contribution in [0.1, 0.15) is 11.1 Å². The van der Waals surface area contributed by atoms with Gasteiger partial charge in [-0.25, -0.2) is 0 Å². The third-order valence-corrected chi connectivity index (χ3v) is 1.83. The van der Waals surface area contributed by atoms with Crippen molar-refractivity contribution in [1.29, 1.82) is 0 Å². The molecule has 3 heteroatoms. The smallest absolute Gasteiger partial charge is 0.123 e. The van der Waals surface area contributed by atoms with E-state index in [0.717, 1.165) is 11.3 Å². The molecule has 0 bridgehead atoms. The molecule has 0 aliphatic rings. The van der Waals surface area contributed by atoms with Gasteiger partial charge in [0.2, 0.25) is 0 Å². The molecule has 1 unspecified atom stereocenters. The average Bonchev–Trinajstić information content (AvgIpc) is 2.04. The molecule has 0 spiro atoms. The first-order valence-corrected chi connectivity index (χ1v) is 4.19. The number of ether oxygens (including phenoxy) is 1. The maximum atomic E-state index is 5.04. The van der Waals surface area contributed by atoms with Crippen LogP contribution in [0.25, 0.3) is 0 Å². The van der Waals surface area contributed by atoms with Crippen molar-refractivity contribution in [3.63, 3.8) is 0 Å². The Hall–Kier alpha value is -0.590. The largest absolute Gasteiger partial charge is 0.480 e. The van der Waals surface area contributed by atoms with E-state index in [1.165, 1.54) is 5.56 Å². The minimum Gasteiger partial charge on any atom is -0.480 e. The van der Waals surface area contributed by atoms with Gasteiger partial charge in [-0.2, -0.15) is 0 Å². The van der Waals surface area contributed by atoms with E-state index < -0.39 is 0 Å². The number of benzene rings is 1. The predicted octanol–water partition coefficient (Wildman–Crippen LogP) is 2.31. The van der Waals surface area contributed by atoms with Crippen LogP contribution >= 0.6 is 9.47 Å². The molecule has 0 saturated carbocycles. The lowest BCUT2D eigenvalue weighted by atomic mass is 10.1. The summed E-state index contributed by atoms with van der Waals surface area (Å²) in [4.78, 5) is 0. The molecule has 0 N–H and O–H groups in total. The van der Waals surface area contributed by atoms with Gasteiger partial charge in [0.15, 0.2) is 0 Å². The summed E-state index contributed by atoms with van der Waals surface area (Å²) in [6.07, 6.45) is 0. The number of rotatable bonds is 3. The van der Waals surface area contributed by atoms with Gasteiger partial charge in [0.25, 0.3) is 0 Å². The molecule has 0 aliphatic carbocycles. The molecule has 0 heterocycles. The molecule has 2 nitrogen and oxygen atoms in total. The van der Waals surface area contributed by atoms with E-state index in [1.54, 1.807) is 7.11 Å². The summed E-state index contributed by atoms with van der Waals surface area (Å²) in [6.45, 7) is 2.66. The molecule has 0 amide bonds. The fraction of sp³-hybridized carbons (Fsp3) is 0.333. The van der Waals surface area contributed by atoms with Crippen LogP contribution in [0.3, 0.4) is 0 Å². The van der Waals surface area contributed by atoms with Crippen molar-refractivity contribution >= 4 is 9.47 Å². The molecule has 1 atom stereocenters. The van der Waals surface area contributed by atoms with Gasteiger partial charge in [0, 0.05) is 7.11 Å². The quantitative estimate of drug-likeness (QED) is 0.671. The van der Waals surface area contributed by atoms with Crippen molar-refractivity contribution < 1.29 is 9.26 Å². The Kier molecular flexibility index (Phi) is 3.51. The van der Waals surface area contributed by atoms with Gasteiger partial charge in [0.05, 0.1) is 16.1 Å². The zero-order chi connectivity index (χ0) is 8.97. The Morgan fingerprint density at radius 3 is 2.67 bits per heavy atom. The monoisotopic (exact) mass is 184 g/mol. The van der Waals surface area contributed by atoms with E-state index in [9.17, 15) is 0 Å². The van der Waals surface area contributed by atoms with Crippen LogP contribution in [0, 0.1) is 6.92 Å². The van der Waals surface area contributed by atoms with Gasteiger partial charge in [-0.1, -0.05) is 6.07 Å². The van der Waals surface area contributed by atoms with Crippen LogP contribution in [-0.2, 0) is 11.3 Å². The Morgan fingerprint density at radius 2 is 2.08 bits per heavy atom. The fourth-order valence-corrected chi connectivity index (χ4v) is 1.28. The molecular weight excluding hydrogens is 171 g/mol. The Bertz CT molecular complexity index is 261. The first-order chi connectivity index (χ1) is 5.76. The van der Waals surface area contributed by atoms with Crippen molar-refractivity contribution in [3.8, 4) is 5.75 Å². The van der Waals surface area contributed by atoms with Gasteiger partial charge < -0.3 is 9.26 Å².